The summed E-state index contributed by atoms with van der Waals surface area (Å²) < 4.78 is 0. The first kappa shape index (κ1) is 22.9. The molecule has 158 valence electrons. The van der Waals surface area contributed by atoms with Crippen molar-refractivity contribution in [3.63, 3.8) is 0 Å². The predicted octanol–water partition coefficient (Wildman–Crippen LogP) is 8.16. The van der Waals surface area contributed by atoms with Crippen molar-refractivity contribution in [1.29, 1.82) is 0 Å². The summed E-state index contributed by atoms with van der Waals surface area (Å²) in [6, 6.07) is 11.3. The van der Waals surface area contributed by atoms with E-state index in [1.807, 2.05) is 31.2 Å². The van der Waals surface area contributed by atoms with Crippen molar-refractivity contribution in [2.45, 2.75) is 84.5 Å². The van der Waals surface area contributed by atoms with E-state index in [1.54, 1.807) is 6.07 Å². The third-order valence-electron chi connectivity index (χ3n) is 5.31. The van der Waals surface area contributed by atoms with Gasteiger partial charge in [-0.3, -0.25) is 0 Å². The number of phenols is 1. The van der Waals surface area contributed by atoms with E-state index in [1.165, 1.54) is 57.8 Å². The molecule has 0 radical (unpaired) electrons. The summed E-state index contributed by atoms with van der Waals surface area (Å²) in [5.41, 5.74) is 9.66. The molecule has 0 amide bonds. The molecular formula is C25H37N3O. The van der Waals surface area contributed by atoms with E-state index in [2.05, 4.69) is 23.2 Å². The van der Waals surface area contributed by atoms with Crippen molar-refractivity contribution < 1.29 is 5.11 Å². The fraction of sp³-hybridized carbons (Fsp3) is 0.520. The standard InChI is InChI=1S/C25H37N3O/c1-3-4-5-6-7-8-9-10-11-12-15-21-18-20(2)19-24(25(21)29)28-27-23-17-14-13-16-22(23)26/h13-14,16-19,29H,3-12,15,26H2,1-2H3. The van der Waals surface area contributed by atoms with E-state index >= 15 is 0 Å². The van der Waals surface area contributed by atoms with Crippen LogP contribution in [0.25, 0.3) is 0 Å². The summed E-state index contributed by atoms with van der Waals surface area (Å²) >= 11 is 0. The number of nitrogens with two attached hydrogens (primary N) is 1. The molecule has 2 aromatic rings. The van der Waals surface area contributed by atoms with Gasteiger partial charge in [0.2, 0.25) is 0 Å². The lowest BCUT2D eigenvalue weighted by molar-refractivity contribution is 0.466. The molecular weight excluding hydrogens is 358 g/mol. The summed E-state index contributed by atoms with van der Waals surface area (Å²) in [6.45, 7) is 4.29. The van der Waals surface area contributed by atoms with Gasteiger partial charge in [-0.2, -0.15) is 0 Å². The molecule has 0 atom stereocenters. The van der Waals surface area contributed by atoms with Crippen LogP contribution in [0.15, 0.2) is 46.6 Å². The number of benzene rings is 2. The van der Waals surface area contributed by atoms with Gasteiger partial charge in [-0.05, 0) is 49.1 Å². The molecule has 0 saturated heterocycles. The van der Waals surface area contributed by atoms with E-state index < -0.39 is 0 Å². The van der Waals surface area contributed by atoms with Gasteiger partial charge in [0.1, 0.15) is 17.1 Å². The van der Waals surface area contributed by atoms with Crippen molar-refractivity contribution in [3.05, 3.63) is 47.5 Å². The first-order valence-electron chi connectivity index (χ1n) is 11.2. The zero-order chi connectivity index (χ0) is 20.9. The number of hydrogen-bond donors (Lipinski definition) is 2. The maximum atomic E-state index is 10.6. The molecule has 0 spiro atoms. The number of anilines is 1. The van der Waals surface area contributed by atoms with Gasteiger partial charge in [0.15, 0.2) is 0 Å². The van der Waals surface area contributed by atoms with Crippen LogP contribution in [0.2, 0.25) is 0 Å². The summed E-state index contributed by atoms with van der Waals surface area (Å²) in [5.74, 6) is 0.241. The van der Waals surface area contributed by atoms with Crippen LogP contribution >= 0.6 is 0 Å². The van der Waals surface area contributed by atoms with E-state index in [0.717, 1.165) is 24.0 Å². The minimum Gasteiger partial charge on any atom is -0.505 e. The van der Waals surface area contributed by atoms with Crippen molar-refractivity contribution >= 4 is 17.1 Å². The molecule has 2 rings (SSSR count). The zero-order valence-corrected chi connectivity index (χ0v) is 18.2. The summed E-state index contributed by atoms with van der Waals surface area (Å²) in [7, 11) is 0. The van der Waals surface area contributed by atoms with Crippen molar-refractivity contribution in [2.24, 2.45) is 10.2 Å². The van der Waals surface area contributed by atoms with Crippen molar-refractivity contribution in [3.8, 4) is 5.75 Å². The maximum absolute atomic E-state index is 10.6. The molecule has 29 heavy (non-hydrogen) atoms. The summed E-state index contributed by atoms with van der Waals surface area (Å²) in [4.78, 5) is 0. The van der Waals surface area contributed by atoms with E-state index in [-0.39, 0.29) is 5.75 Å². The highest BCUT2D eigenvalue weighted by Crippen LogP contribution is 2.34. The molecule has 0 fully saturated rings. The predicted molar refractivity (Wildman–Crippen MR) is 123 cm³/mol. The second-order valence-electron chi connectivity index (χ2n) is 7.98. The van der Waals surface area contributed by atoms with E-state index in [0.29, 0.717) is 17.1 Å². The highest BCUT2D eigenvalue weighted by atomic mass is 16.3. The molecule has 0 unspecified atom stereocenters. The Hall–Kier alpha value is -2.36. The number of aromatic hydroxyl groups is 1. The lowest BCUT2D eigenvalue weighted by atomic mass is 10.0. The molecule has 0 aliphatic carbocycles. The lowest BCUT2D eigenvalue weighted by Crippen LogP contribution is -1.90. The number of unbranched alkanes of at least 4 members (excludes halogenated alkanes) is 9. The van der Waals surface area contributed by atoms with Gasteiger partial charge in [-0.25, -0.2) is 0 Å². The van der Waals surface area contributed by atoms with Crippen LogP contribution in [-0.4, -0.2) is 5.11 Å². The van der Waals surface area contributed by atoms with Gasteiger partial charge in [0, 0.05) is 0 Å². The Morgan fingerprint density at radius 3 is 2.03 bits per heavy atom. The number of phenolic OH excluding ortho intramolecular Hbond substituents is 1. The average Bonchev–Trinajstić information content (AvgIpc) is 2.71. The number of azo groups is 1. The van der Waals surface area contributed by atoms with Crippen molar-refractivity contribution in [2.75, 3.05) is 5.73 Å². The Balaban J connectivity index is 1.80. The number of aryl methyl sites for hydroxylation is 2. The van der Waals surface area contributed by atoms with Gasteiger partial charge in [0.05, 0.1) is 5.69 Å². The Morgan fingerprint density at radius 1 is 0.793 bits per heavy atom. The Labute approximate surface area is 176 Å². The van der Waals surface area contributed by atoms with Crippen LogP contribution in [0.3, 0.4) is 0 Å². The highest BCUT2D eigenvalue weighted by molar-refractivity contribution is 5.62. The molecule has 3 N–H and O–H groups in total. The van der Waals surface area contributed by atoms with Crippen LogP contribution in [-0.2, 0) is 6.42 Å². The quantitative estimate of drug-likeness (QED) is 0.204. The van der Waals surface area contributed by atoms with Gasteiger partial charge in [-0.1, -0.05) is 82.9 Å². The first-order valence-corrected chi connectivity index (χ1v) is 11.2. The molecule has 2 aromatic carbocycles. The lowest BCUT2D eigenvalue weighted by Gasteiger charge is -2.09. The number of rotatable bonds is 13. The third-order valence-corrected chi connectivity index (χ3v) is 5.31. The van der Waals surface area contributed by atoms with Crippen LogP contribution in [0, 0.1) is 6.92 Å². The monoisotopic (exact) mass is 395 g/mol. The molecule has 0 bridgehead atoms. The number of nitrogens with zero attached hydrogens (tertiary/aromatic N) is 2. The number of hydrogen-bond acceptors (Lipinski definition) is 4. The van der Waals surface area contributed by atoms with Gasteiger partial charge < -0.3 is 10.8 Å². The first-order chi connectivity index (χ1) is 14.1. The highest BCUT2D eigenvalue weighted by Gasteiger charge is 2.09. The van der Waals surface area contributed by atoms with E-state index in [9.17, 15) is 5.11 Å². The Bertz CT molecular complexity index is 771. The van der Waals surface area contributed by atoms with Gasteiger partial charge in [-0.15, -0.1) is 10.2 Å². The maximum Gasteiger partial charge on any atom is 0.146 e. The Kier molecular flexibility index (Phi) is 10.3. The normalized spacial score (nSPS) is 11.4. The van der Waals surface area contributed by atoms with Gasteiger partial charge in [0.25, 0.3) is 0 Å². The van der Waals surface area contributed by atoms with E-state index in [4.69, 9.17) is 5.73 Å². The smallest absolute Gasteiger partial charge is 0.146 e. The molecule has 4 heteroatoms. The van der Waals surface area contributed by atoms with Crippen LogP contribution < -0.4 is 5.73 Å². The van der Waals surface area contributed by atoms with Crippen LogP contribution in [0.1, 0.15) is 82.3 Å². The molecule has 0 aromatic heterocycles. The fourth-order valence-electron chi connectivity index (χ4n) is 3.59. The zero-order valence-electron chi connectivity index (χ0n) is 18.2. The topological polar surface area (TPSA) is 71.0 Å². The molecule has 0 aliphatic rings. The molecule has 0 heterocycles. The second-order valence-corrected chi connectivity index (χ2v) is 7.98. The number of para-hydroxylation sites is 1. The summed E-state index contributed by atoms with van der Waals surface area (Å²) in [5, 5.41) is 19.1. The van der Waals surface area contributed by atoms with Crippen LogP contribution in [0.4, 0.5) is 17.1 Å². The minimum absolute atomic E-state index is 0.241. The van der Waals surface area contributed by atoms with Gasteiger partial charge >= 0.3 is 0 Å². The average molecular weight is 396 g/mol. The fourth-order valence-corrected chi connectivity index (χ4v) is 3.59. The molecule has 4 nitrogen and oxygen atoms in total. The largest absolute Gasteiger partial charge is 0.505 e. The Morgan fingerprint density at radius 2 is 1.38 bits per heavy atom. The summed E-state index contributed by atoms with van der Waals surface area (Å²) in [6.07, 6.45) is 14.0. The third kappa shape index (κ3) is 8.26. The number of nitrogen functional groups attached to an aromatic ring is 1. The van der Waals surface area contributed by atoms with Crippen molar-refractivity contribution in [1.82, 2.24) is 0 Å². The molecule has 0 aliphatic heterocycles. The second kappa shape index (κ2) is 13.0. The minimum atomic E-state index is 0.241. The molecule has 0 saturated carbocycles. The SMILES string of the molecule is CCCCCCCCCCCCc1cc(C)cc(N=Nc2ccccc2N)c1O. The van der Waals surface area contributed by atoms with Crippen LogP contribution in [0.5, 0.6) is 5.75 Å².